The molecule has 1 aliphatic carbocycles. The van der Waals surface area contributed by atoms with Crippen molar-refractivity contribution in [1.82, 2.24) is 4.90 Å². The summed E-state index contributed by atoms with van der Waals surface area (Å²) in [6, 6.07) is -0.0478. The van der Waals surface area contributed by atoms with Gasteiger partial charge >= 0.3 is 12.1 Å². The number of carbonyl (C=O) groups excluding carboxylic acids is 1. The fourth-order valence-electron chi connectivity index (χ4n) is 2.76. The van der Waals surface area contributed by atoms with E-state index in [-0.39, 0.29) is 12.6 Å². The Bertz CT molecular complexity index is 346. The molecule has 0 radical (unpaired) electrons. The molecule has 88 valence electrons. The van der Waals surface area contributed by atoms with Crippen molar-refractivity contribution in [2.75, 3.05) is 6.61 Å². The van der Waals surface area contributed by atoms with Crippen LogP contribution in [0.15, 0.2) is 12.7 Å². The summed E-state index contributed by atoms with van der Waals surface area (Å²) < 4.78 is 4.92. The van der Waals surface area contributed by atoms with E-state index in [1.165, 1.54) is 11.0 Å². The van der Waals surface area contributed by atoms with E-state index in [2.05, 4.69) is 6.58 Å². The average Bonchev–Trinajstić information content (AvgIpc) is 2.61. The van der Waals surface area contributed by atoms with Crippen molar-refractivity contribution in [1.29, 1.82) is 0 Å². The Morgan fingerprint density at radius 1 is 1.62 bits per heavy atom. The zero-order valence-electron chi connectivity index (χ0n) is 9.18. The molecule has 0 aromatic rings. The van der Waals surface area contributed by atoms with Crippen molar-refractivity contribution >= 4 is 12.1 Å². The second kappa shape index (κ2) is 3.50. The number of hydrogen-bond donors (Lipinski definition) is 1. The number of rotatable bonds is 3. The number of carboxylic acid groups (broad SMARTS) is 1. The number of carboxylic acids is 1. The largest absolute Gasteiger partial charge is 0.479 e. The monoisotopic (exact) mass is 225 g/mol. The van der Waals surface area contributed by atoms with E-state index in [9.17, 15) is 14.7 Å². The highest BCUT2D eigenvalue weighted by molar-refractivity contribution is 5.87. The summed E-state index contributed by atoms with van der Waals surface area (Å²) in [5.74, 6) is -0.629. The van der Waals surface area contributed by atoms with Crippen LogP contribution in [0.5, 0.6) is 0 Å². The summed E-state index contributed by atoms with van der Waals surface area (Å²) in [7, 11) is 0. The van der Waals surface area contributed by atoms with Gasteiger partial charge in [0.2, 0.25) is 0 Å². The molecule has 0 spiro atoms. The minimum atomic E-state index is -1.01. The quantitative estimate of drug-likeness (QED) is 0.734. The number of amides is 1. The predicted molar refractivity (Wildman–Crippen MR) is 55.9 cm³/mol. The molecule has 2 bridgehead atoms. The van der Waals surface area contributed by atoms with E-state index in [0.29, 0.717) is 18.8 Å². The number of fused-ring (bicyclic) bond motifs is 1. The molecule has 2 saturated heterocycles. The van der Waals surface area contributed by atoms with Gasteiger partial charge in [-0.15, -0.1) is 0 Å². The maximum Gasteiger partial charge on any atom is 0.411 e. The van der Waals surface area contributed by atoms with Crippen LogP contribution in [0.2, 0.25) is 0 Å². The number of hydrogen-bond acceptors (Lipinski definition) is 3. The molecular weight excluding hydrogens is 210 g/mol. The Morgan fingerprint density at radius 2 is 2.25 bits per heavy atom. The highest BCUT2D eigenvalue weighted by Crippen LogP contribution is 2.54. The number of aliphatic carboxylic acids is 1. The second-order valence-electron chi connectivity index (χ2n) is 4.48. The molecular formula is C11H15NO4. The minimum Gasteiger partial charge on any atom is -0.479 e. The van der Waals surface area contributed by atoms with Crippen molar-refractivity contribution in [2.45, 2.75) is 31.3 Å². The zero-order valence-corrected chi connectivity index (χ0v) is 9.18. The molecule has 2 heterocycles. The fourth-order valence-corrected chi connectivity index (χ4v) is 2.76. The normalized spacial score (nSPS) is 35.4. The number of nitrogens with zero attached hydrogens (tertiary/aromatic N) is 1. The third-order valence-electron chi connectivity index (χ3n) is 3.67. The van der Waals surface area contributed by atoms with Crippen LogP contribution in [0.3, 0.4) is 0 Å². The molecule has 1 saturated carbocycles. The molecule has 3 rings (SSSR count). The molecule has 16 heavy (non-hydrogen) atoms. The molecule has 3 aliphatic rings. The molecule has 1 N–H and O–H groups in total. The van der Waals surface area contributed by atoms with Crippen molar-refractivity contribution in [3.63, 3.8) is 0 Å². The van der Waals surface area contributed by atoms with Gasteiger partial charge < -0.3 is 9.84 Å². The third-order valence-corrected chi connectivity index (χ3v) is 3.67. The summed E-state index contributed by atoms with van der Waals surface area (Å²) in [5, 5.41) is 9.20. The van der Waals surface area contributed by atoms with Gasteiger partial charge in [-0.2, -0.15) is 0 Å². The molecule has 1 atom stereocenters. The van der Waals surface area contributed by atoms with Gasteiger partial charge in [0.1, 0.15) is 12.1 Å². The highest BCUT2D eigenvalue weighted by Gasteiger charge is 2.66. The Hall–Kier alpha value is -1.52. The Morgan fingerprint density at radius 3 is 2.75 bits per heavy atom. The standard InChI is InChI=1S/C11H15NO4/c1-3-4-16-10(15)12-7(2)8-5-11(12,6-8)9(13)14/h3,7-8H,1,4-6H2,2H3,(H,13,14). The van der Waals surface area contributed by atoms with Gasteiger partial charge in [-0.05, 0) is 25.7 Å². The number of carbonyl (C=O) groups is 2. The molecule has 1 amide bonds. The first kappa shape index (κ1) is 11.0. The first-order valence-corrected chi connectivity index (χ1v) is 5.33. The molecule has 1 unspecified atom stereocenters. The lowest BCUT2D eigenvalue weighted by atomic mass is 9.72. The fraction of sp³-hybridized carbons (Fsp3) is 0.636. The predicted octanol–water partition coefficient (Wildman–Crippen LogP) is 1.25. The average molecular weight is 225 g/mol. The molecule has 0 aromatic carbocycles. The van der Waals surface area contributed by atoms with Gasteiger partial charge in [-0.3, -0.25) is 4.90 Å². The van der Waals surface area contributed by atoms with Gasteiger partial charge in [-0.1, -0.05) is 12.7 Å². The van der Waals surface area contributed by atoms with E-state index in [1.54, 1.807) is 0 Å². The lowest BCUT2D eigenvalue weighted by Gasteiger charge is -2.37. The summed E-state index contributed by atoms with van der Waals surface area (Å²) >= 11 is 0. The van der Waals surface area contributed by atoms with Crippen LogP contribution in [-0.2, 0) is 9.53 Å². The third kappa shape index (κ3) is 1.24. The van der Waals surface area contributed by atoms with E-state index in [0.717, 1.165) is 0 Å². The van der Waals surface area contributed by atoms with Crippen LogP contribution in [0.4, 0.5) is 4.79 Å². The van der Waals surface area contributed by atoms with Gasteiger partial charge in [0, 0.05) is 6.04 Å². The summed E-state index contributed by atoms with van der Waals surface area (Å²) in [5.41, 5.74) is -1.01. The Labute approximate surface area is 93.7 Å². The first-order valence-electron chi connectivity index (χ1n) is 5.33. The smallest absolute Gasteiger partial charge is 0.411 e. The molecule has 0 aromatic heterocycles. The van der Waals surface area contributed by atoms with Gasteiger partial charge in [0.15, 0.2) is 0 Å². The maximum absolute atomic E-state index is 11.8. The van der Waals surface area contributed by atoms with Crippen molar-refractivity contribution in [3.05, 3.63) is 12.7 Å². The Balaban J connectivity index is 2.16. The van der Waals surface area contributed by atoms with Crippen LogP contribution < -0.4 is 0 Å². The lowest BCUT2D eigenvalue weighted by molar-refractivity contribution is -0.151. The van der Waals surface area contributed by atoms with Crippen LogP contribution in [0, 0.1) is 5.92 Å². The number of ether oxygens (including phenoxy) is 1. The van der Waals surface area contributed by atoms with Crippen molar-refractivity contribution in [3.8, 4) is 0 Å². The molecule has 3 fully saturated rings. The molecule has 5 nitrogen and oxygen atoms in total. The van der Waals surface area contributed by atoms with Crippen LogP contribution in [0.1, 0.15) is 19.8 Å². The summed E-state index contributed by atoms with van der Waals surface area (Å²) in [6.07, 6.45) is 2.02. The molecule has 5 heteroatoms. The minimum absolute atomic E-state index is 0.0478. The first-order chi connectivity index (χ1) is 7.53. The second-order valence-corrected chi connectivity index (χ2v) is 4.48. The van der Waals surface area contributed by atoms with Gasteiger partial charge in [0.25, 0.3) is 0 Å². The summed E-state index contributed by atoms with van der Waals surface area (Å²) in [4.78, 5) is 24.4. The van der Waals surface area contributed by atoms with E-state index in [4.69, 9.17) is 4.74 Å². The van der Waals surface area contributed by atoms with Gasteiger partial charge in [-0.25, -0.2) is 9.59 Å². The Kier molecular flexibility index (Phi) is 2.40. The van der Waals surface area contributed by atoms with Crippen LogP contribution in [0.25, 0.3) is 0 Å². The lowest BCUT2D eigenvalue weighted by Crippen LogP contribution is -2.55. The summed E-state index contributed by atoms with van der Waals surface area (Å²) in [6.45, 7) is 5.43. The van der Waals surface area contributed by atoms with Gasteiger partial charge in [0.05, 0.1) is 0 Å². The van der Waals surface area contributed by atoms with Crippen molar-refractivity contribution < 1.29 is 19.4 Å². The molecule has 2 aliphatic heterocycles. The van der Waals surface area contributed by atoms with E-state index < -0.39 is 17.6 Å². The van der Waals surface area contributed by atoms with E-state index >= 15 is 0 Å². The highest BCUT2D eigenvalue weighted by atomic mass is 16.6. The zero-order chi connectivity index (χ0) is 11.9. The van der Waals surface area contributed by atoms with Crippen molar-refractivity contribution in [2.24, 2.45) is 5.92 Å². The SMILES string of the molecule is C=CCOC(=O)N1C(C)C2CC1(C(=O)O)C2. The van der Waals surface area contributed by atoms with Crippen LogP contribution in [-0.4, -0.2) is 40.3 Å². The van der Waals surface area contributed by atoms with E-state index in [1.807, 2.05) is 6.92 Å². The maximum atomic E-state index is 11.8. The topological polar surface area (TPSA) is 66.8 Å². The van der Waals surface area contributed by atoms with Crippen LogP contribution >= 0.6 is 0 Å².